The lowest BCUT2D eigenvalue weighted by molar-refractivity contribution is 0.0342. The number of fused-ring (bicyclic) bond motifs is 3. The first-order valence-electron chi connectivity index (χ1n) is 13.9. The molecule has 0 unspecified atom stereocenters. The fourth-order valence-corrected chi connectivity index (χ4v) is 5.15. The maximum absolute atomic E-state index is 13.2. The minimum Gasteiger partial charge on any atom is -0.493 e. The Kier molecular flexibility index (Phi) is 9.43. The second-order valence-electron chi connectivity index (χ2n) is 10.3. The molecule has 6 heteroatoms. The molecule has 0 radical (unpaired) electrons. The van der Waals surface area contributed by atoms with Gasteiger partial charge in [-0.05, 0) is 71.8 Å². The van der Waals surface area contributed by atoms with Crippen molar-refractivity contribution in [2.24, 2.45) is 0 Å². The van der Waals surface area contributed by atoms with Gasteiger partial charge in [0.2, 0.25) is 0 Å². The Bertz CT molecular complexity index is 1210. The summed E-state index contributed by atoms with van der Waals surface area (Å²) in [6.07, 6.45) is 4.04. The van der Waals surface area contributed by atoms with Crippen LogP contribution in [0.15, 0.2) is 66.7 Å². The number of rotatable bonds is 5. The number of hydrogen-bond donors (Lipinski definition) is 2. The van der Waals surface area contributed by atoms with Crippen LogP contribution in [-0.4, -0.2) is 50.3 Å². The highest BCUT2D eigenvalue weighted by atomic mass is 16.5. The van der Waals surface area contributed by atoms with Crippen molar-refractivity contribution in [3.8, 4) is 5.75 Å². The van der Waals surface area contributed by atoms with Gasteiger partial charge in [-0.1, -0.05) is 48.5 Å². The third-order valence-electron chi connectivity index (χ3n) is 7.25. The van der Waals surface area contributed by atoms with Gasteiger partial charge in [0.15, 0.2) is 0 Å². The quantitative estimate of drug-likeness (QED) is 0.518. The van der Waals surface area contributed by atoms with Crippen molar-refractivity contribution in [1.82, 2.24) is 15.5 Å². The lowest BCUT2D eigenvalue weighted by Crippen LogP contribution is -2.35. The number of nitrogens with zero attached hydrogens (tertiary/aromatic N) is 1. The minimum absolute atomic E-state index is 0.0660. The predicted octanol–water partition coefficient (Wildman–Crippen LogP) is 4.69. The largest absolute Gasteiger partial charge is 0.493 e. The van der Waals surface area contributed by atoms with E-state index in [1.165, 1.54) is 16.7 Å². The zero-order valence-electron chi connectivity index (χ0n) is 22.2. The second kappa shape index (κ2) is 13.6. The van der Waals surface area contributed by atoms with Crippen molar-refractivity contribution in [1.29, 1.82) is 0 Å². The molecule has 0 aliphatic carbocycles. The second-order valence-corrected chi connectivity index (χ2v) is 10.3. The first-order valence-corrected chi connectivity index (χ1v) is 13.9. The molecule has 2 heterocycles. The van der Waals surface area contributed by atoms with Gasteiger partial charge >= 0.3 is 0 Å². The number of carbonyl (C=O) groups excluding carboxylic acids is 1. The fraction of sp³-hybridized carbons (Fsp3) is 0.406. The SMILES string of the molecule is O=C(NCc1cccc(CN2CCOCC2)c1)c1ccc2c(c1)Cc1cccc(c1)CNCCCCCO2. The Morgan fingerprint density at radius 1 is 0.868 bits per heavy atom. The highest BCUT2D eigenvalue weighted by Gasteiger charge is 2.14. The Labute approximate surface area is 226 Å². The molecule has 2 N–H and O–H groups in total. The average Bonchev–Trinajstić information content (AvgIpc) is 2.94. The summed E-state index contributed by atoms with van der Waals surface area (Å²) in [7, 11) is 0. The van der Waals surface area contributed by atoms with E-state index in [2.05, 4.69) is 64.1 Å². The molecule has 0 saturated carbocycles. The topological polar surface area (TPSA) is 62.8 Å². The van der Waals surface area contributed by atoms with Gasteiger partial charge in [0.25, 0.3) is 5.91 Å². The average molecular weight is 514 g/mol. The Balaban J connectivity index is 1.26. The molecule has 6 nitrogen and oxygen atoms in total. The molecule has 5 rings (SSSR count). The van der Waals surface area contributed by atoms with E-state index in [0.29, 0.717) is 18.7 Å². The van der Waals surface area contributed by atoms with Crippen LogP contribution in [0.1, 0.15) is 57.4 Å². The zero-order chi connectivity index (χ0) is 26.0. The van der Waals surface area contributed by atoms with Crippen LogP contribution in [0, 0.1) is 0 Å². The van der Waals surface area contributed by atoms with Crippen LogP contribution in [0.5, 0.6) is 5.75 Å². The number of hydrogen-bond acceptors (Lipinski definition) is 5. The summed E-state index contributed by atoms with van der Waals surface area (Å²) < 4.78 is 11.6. The summed E-state index contributed by atoms with van der Waals surface area (Å²) in [4.78, 5) is 15.6. The van der Waals surface area contributed by atoms with Crippen molar-refractivity contribution in [3.05, 3.63) is 100 Å². The molecule has 1 saturated heterocycles. The number of ether oxygens (including phenoxy) is 2. The molecule has 38 heavy (non-hydrogen) atoms. The zero-order valence-corrected chi connectivity index (χ0v) is 22.2. The van der Waals surface area contributed by atoms with E-state index >= 15 is 0 Å². The normalized spacial score (nSPS) is 17.1. The summed E-state index contributed by atoms with van der Waals surface area (Å²) in [5, 5.41) is 6.66. The molecule has 2 aliphatic rings. The molecule has 1 fully saturated rings. The fourth-order valence-electron chi connectivity index (χ4n) is 5.15. The summed E-state index contributed by atoms with van der Waals surface area (Å²) in [5.41, 5.74) is 6.59. The highest BCUT2D eigenvalue weighted by Crippen LogP contribution is 2.25. The third kappa shape index (κ3) is 7.67. The molecular weight excluding hydrogens is 474 g/mol. The molecule has 3 aromatic rings. The molecule has 1 amide bonds. The van der Waals surface area contributed by atoms with Gasteiger partial charge in [-0.15, -0.1) is 0 Å². The van der Waals surface area contributed by atoms with E-state index in [4.69, 9.17) is 9.47 Å². The van der Waals surface area contributed by atoms with Gasteiger partial charge in [0, 0.05) is 44.7 Å². The maximum Gasteiger partial charge on any atom is 0.251 e. The molecule has 3 aromatic carbocycles. The van der Waals surface area contributed by atoms with Crippen LogP contribution in [0.3, 0.4) is 0 Å². The lowest BCUT2D eigenvalue weighted by atomic mass is 9.99. The maximum atomic E-state index is 13.2. The van der Waals surface area contributed by atoms with Crippen LogP contribution in [0.2, 0.25) is 0 Å². The van der Waals surface area contributed by atoms with Crippen molar-refractivity contribution in [2.75, 3.05) is 39.5 Å². The van der Waals surface area contributed by atoms with Gasteiger partial charge < -0.3 is 20.1 Å². The van der Waals surface area contributed by atoms with Crippen molar-refractivity contribution < 1.29 is 14.3 Å². The van der Waals surface area contributed by atoms with E-state index in [0.717, 1.165) is 88.5 Å². The molecule has 0 spiro atoms. The van der Waals surface area contributed by atoms with Gasteiger partial charge in [0.1, 0.15) is 5.75 Å². The van der Waals surface area contributed by atoms with E-state index in [1.807, 2.05) is 18.2 Å². The van der Waals surface area contributed by atoms with Gasteiger partial charge in [-0.2, -0.15) is 0 Å². The Hall–Kier alpha value is -3.19. The molecule has 0 atom stereocenters. The predicted molar refractivity (Wildman–Crippen MR) is 150 cm³/mol. The lowest BCUT2D eigenvalue weighted by Gasteiger charge is -2.26. The first kappa shape index (κ1) is 26.4. The van der Waals surface area contributed by atoms with Crippen LogP contribution in [0.25, 0.3) is 0 Å². The number of amides is 1. The first-order chi connectivity index (χ1) is 18.7. The summed E-state index contributed by atoms with van der Waals surface area (Å²) in [5.74, 6) is 0.807. The van der Waals surface area contributed by atoms with E-state index in [-0.39, 0.29) is 5.91 Å². The number of benzene rings is 3. The highest BCUT2D eigenvalue weighted by molar-refractivity contribution is 5.94. The number of morpholine rings is 1. The molecule has 200 valence electrons. The minimum atomic E-state index is -0.0660. The van der Waals surface area contributed by atoms with Crippen LogP contribution in [0.4, 0.5) is 0 Å². The number of carbonyl (C=O) groups is 1. The van der Waals surface area contributed by atoms with E-state index in [1.54, 1.807) is 0 Å². The van der Waals surface area contributed by atoms with Crippen molar-refractivity contribution in [3.63, 3.8) is 0 Å². The van der Waals surface area contributed by atoms with Gasteiger partial charge in [0.05, 0.1) is 19.8 Å². The molecule has 2 bridgehead atoms. The van der Waals surface area contributed by atoms with Crippen LogP contribution >= 0.6 is 0 Å². The van der Waals surface area contributed by atoms with Crippen molar-refractivity contribution >= 4 is 5.91 Å². The standard InChI is InChI=1S/C32H39N3O3/c36-32(34-23-27-8-5-9-28(19-27)24-35-13-16-37-17-14-35)29-10-11-31-30(21-29)20-25-6-4-7-26(18-25)22-33-12-2-1-3-15-38-31/h4-11,18-19,21,33H,1-3,12-17,20,22-24H2,(H,34,36). The monoisotopic (exact) mass is 513 g/mol. The molecule has 2 aliphatic heterocycles. The van der Waals surface area contributed by atoms with Crippen LogP contribution in [-0.2, 0) is 30.8 Å². The molecule has 0 aromatic heterocycles. The third-order valence-corrected chi connectivity index (χ3v) is 7.25. The summed E-state index contributed by atoms with van der Waals surface area (Å²) >= 11 is 0. The van der Waals surface area contributed by atoms with E-state index < -0.39 is 0 Å². The van der Waals surface area contributed by atoms with Gasteiger partial charge in [-0.25, -0.2) is 0 Å². The van der Waals surface area contributed by atoms with Gasteiger partial charge in [-0.3, -0.25) is 9.69 Å². The smallest absolute Gasteiger partial charge is 0.251 e. The number of nitrogens with one attached hydrogen (secondary N) is 2. The summed E-state index contributed by atoms with van der Waals surface area (Å²) in [6, 6.07) is 23.0. The Morgan fingerprint density at radius 2 is 1.71 bits per heavy atom. The van der Waals surface area contributed by atoms with Crippen LogP contribution < -0.4 is 15.4 Å². The van der Waals surface area contributed by atoms with Crippen molar-refractivity contribution in [2.45, 2.75) is 45.3 Å². The summed E-state index contributed by atoms with van der Waals surface area (Å²) in [6.45, 7) is 7.53. The van der Waals surface area contributed by atoms with E-state index in [9.17, 15) is 4.79 Å². The molecular formula is C32H39N3O3. The Morgan fingerprint density at radius 3 is 2.63 bits per heavy atom.